The second kappa shape index (κ2) is 5.88. The molecule has 0 aliphatic carbocycles. The fourth-order valence-electron chi connectivity index (χ4n) is 1.21. The van der Waals surface area contributed by atoms with Crippen LogP contribution in [0.2, 0.25) is 0 Å². The summed E-state index contributed by atoms with van der Waals surface area (Å²) in [6, 6.07) is 7.46. The fourth-order valence-corrected chi connectivity index (χ4v) is 2.62. The van der Waals surface area contributed by atoms with E-state index in [1.165, 1.54) is 0 Å². The molecule has 84 valence electrons. The Morgan fingerprint density at radius 1 is 1.47 bits per heavy atom. The maximum Gasteiger partial charge on any atom is 0.134 e. The summed E-state index contributed by atoms with van der Waals surface area (Å²) in [6.07, 6.45) is 0.755. The van der Waals surface area contributed by atoms with Gasteiger partial charge in [0.1, 0.15) is 5.75 Å². The molecule has 3 nitrogen and oxygen atoms in total. The Bertz CT molecular complexity index is 339. The van der Waals surface area contributed by atoms with Crippen LogP contribution in [0.5, 0.6) is 5.75 Å². The summed E-state index contributed by atoms with van der Waals surface area (Å²) in [5, 5.41) is 0. The Hall–Kier alpha value is -0.870. The monoisotopic (exact) mass is 227 g/mol. The maximum atomic E-state index is 11.9. The summed E-state index contributed by atoms with van der Waals surface area (Å²) in [6.45, 7) is 1.92. The van der Waals surface area contributed by atoms with Crippen molar-refractivity contribution in [1.82, 2.24) is 0 Å². The second-order valence-electron chi connectivity index (χ2n) is 3.47. The highest BCUT2D eigenvalue weighted by molar-refractivity contribution is 7.85. The van der Waals surface area contributed by atoms with Crippen LogP contribution in [-0.2, 0) is 10.8 Å². The molecule has 0 saturated heterocycles. The van der Waals surface area contributed by atoms with Crippen molar-refractivity contribution in [1.29, 1.82) is 0 Å². The number of hydrogen-bond acceptors (Lipinski definition) is 3. The van der Waals surface area contributed by atoms with Gasteiger partial charge in [0.25, 0.3) is 0 Å². The lowest BCUT2D eigenvalue weighted by Gasteiger charge is -2.08. The molecular weight excluding hydrogens is 210 g/mol. The first kappa shape index (κ1) is 12.2. The van der Waals surface area contributed by atoms with E-state index in [1.54, 1.807) is 7.11 Å². The van der Waals surface area contributed by atoms with E-state index in [1.807, 2.05) is 31.2 Å². The van der Waals surface area contributed by atoms with Crippen LogP contribution in [0.15, 0.2) is 29.2 Å². The van der Waals surface area contributed by atoms with E-state index in [0.29, 0.717) is 11.5 Å². The third kappa shape index (κ3) is 3.64. The summed E-state index contributed by atoms with van der Waals surface area (Å²) < 4.78 is 17.1. The molecular formula is C11H17NO2S. The smallest absolute Gasteiger partial charge is 0.134 e. The highest BCUT2D eigenvalue weighted by Gasteiger charge is 2.10. The molecule has 0 heterocycles. The van der Waals surface area contributed by atoms with Gasteiger partial charge in [-0.15, -0.1) is 0 Å². The Morgan fingerprint density at radius 2 is 2.13 bits per heavy atom. The number of para-hydroxylation sites is 1. The molecule has 4 heteroatoms. The number of nitrogens with two attached hydrogens (primary N) is 1. The molecule has 2 atom stereocenters. The minimum Gasteiger partial charge on any atom is -0.495 e. The molecule has 15 heavy (non-hydrogen) atoms. The predicted molar refractivity (Wildman–Crippen MR) is 62.5 cm³/mol. The molecule has 0 aliphatic rings. The van der Waals surface area contributed by atoms with Crippen LogP contribution in [-0.4, -0.2) is 23.1 Å². The number of ether oxygens (including phenoxy) is 1. The lowest BCUT2D eigenvalue weighted by atomic mass is 10.3. The number of hydrogen-bond donors (Lipinski definition) is 1. The van der Waals surface area contributed by atoms with Crippen molar-refractivity contribution < 1.29 is 8.95 Å². The van der Waals surface area contributed by atoms with Gasteiger partial charge < -0.3 is 10.5 Å². The van der Waals surface area contributed by atoms with Crippen LogP contribution in [0.25, 0.3) is 0 Å². The highest BCUT2D eigenvalue weighted by Crippen LogP contribution is 2.21. The van der Waals surface area contributed by atoms with Gasteiger partial charge >= 0.3 is 0 Å². The van der Waals surface area contributed by atoms with E-state index in [9.17, 15) is 4.21 Å². The zero-order chi connectivity index (χ0) is 11.3. The zero-order valence-corrected chi connectivity index (χ0v) is 9.92. The molecule has 0 radical (unpaired) electrons. The standard InChI is InChI=1S/C11H17NO2S/c1-9(12)7-8-15(13)11-6-4-3-5-10(11)14-2/h3-6,9H,7-8,12H2,1-2H3. The summed E-state index contributed by atoms with van der Waals surface area (Å²) in [5.41, 5.74) is 5.62. The Kier molecular flexibility index (Phi) is 4.78. The molecule has 1 rings (SSSR count). The first-order chi connectivity index (χ1) is 7.15. The largest absolute Gasteiger partial charge is 0.495 e. The minimum absolute atomic E-state index is 0.0867. The summed E-state index contributed by atoms with van der Waals surface area (Å²) in [5.74, 6) is 1.26. The Morgan fingerprint density at radius 3 is 2.73 bits per heavy atom. The fraction of sp³-hybridized carbons (Fsp3) is 0.455. The zero-order valence-electron chi connectivity index (χ0n) is 9.10. The highest BCUT2D eigenvalue weighted by atomic mass is 32.2. The van der Waals surface area contributed by atoms with Crippen molar-refractivity contribution in [2.24, 2.45) is 5.73 Å². The Balaban J connectivity index is 2.72. The SMILES string of the molecule is COc1ccccc1S(=O)CCC(C)N. The van der Waals surface area contributed by atoms with Crippen molar-refractivity contribution in [2.45, 2.75) is 24.3 Å². The molecule has 0 aromatic heterocycles. The normalized spacial score (nSPS) is 14.6. The topological polar surface area (TPSA) is 52.3 Å². The molecule has 0 aliphatic heterocycles. The van der Waals surface area contributed by atoms with E-state index < -0.39 is 10.8 Å². The van der Waals surface area contributed by atoms with Crippen LogP contribution >= 0.6 is 0 Å². The molecule has 2 unspecified atom stereocenters. The van der Waals surface area contributed by atoms with Crippen molar-refractivity contribution in [3.63, 3.8) is 0 Å². The van der Waals surface area contributed by atoms with E-state index in [4.69, 9.17) is 10.5 Å². The summed E-state index contributed by atoms with van der Waals surface area (Å²) in [7, 11) is 0.564. The second-order valence-corrected chi connectivity index (χ2v) is 5.01. The van der Waals surface area contributed by atoms with E-state index in [-0.39, 0.29) is 6.04 Å². The van der Waals surface area contributed by atoms with Crippen LogP contribution in [0.1, 0.15) is 13.3 Å². The molecule has 1 aromatic carbocycles. The van der Waals surface area contributed by atoms with Gasteiger partial charge in [0, 0.05) is 11.8 Å². The van der Waals surface area contributed by atoms with Crippen LogP contribution < -0.4 is 10.5 Å². The van der Waals surface area contributed by atoms with Crippen molar-refractivity contribution >= 4 is 10.8 Å². The molecule has 0 bridgehead atoms. The minimum atomic E-state index is -1.02. The third-order valence-electron chi connectivity index (χ3n) is 2.07. The van der Waals surface area contributed by atoms with Crippen molar-refractivity contribution in [3.05, 3.63) is 24.3 Å². The average molecular weight is 227 g/mol. The first-order valence-corrected chi connectivity index (χ1v) is 6.24. The van der Waals surface area contributed by atoms with E-state index in [0.717, 1.165) is 11.3 Å². The molecule has 0 amide bonds. The predicted octanol–water partition coefficient (Wildman–Crippen LogP) is 1.54. The number of rotatable bonds is 5. The van der Waals surface area contributed by atoms with Crippen LogP contribution in [0.3, 0.4) is 0 Å². The van der Waals surface area contributed by atoms with Gasteiger partial charge in [-0.05, 0) is 25.5 Å². The van der Waals surface area contributed by atoms with Gasteiger partial charge in [-0.1, -0.05) is 12.1 Å². The summed E-state index contributed by atoms with van der Waals surface area (Å²) >= 11 is 0. The molecule has 0 saturated carbocycles. The van der Waals surface area contributed by atoms with Crippen molar-refractivity contribution in [3.8, 4) is 5.75 Å². The van der Waals surface area contributed by atoms with E-state index >= 15 is 0 Å². The first-order valence-electron chi connectivity index (χ1n) is 4.92. The molecule has 2 N–H and O–H groups in total. The van der Waals surface area contributed by atoms with Gasteiger partial charge in [-0.25, -0.2) is 0 Å². The van der Waals surface area contributed by atoms with Gasteiger partial charge in [0.05, 0.1) is 22.8 Å². The van der Waals surface area contributed by atoms with Crippen LogP contribution in [0.4, 0.5) is 0 Å². The maximum absolute atomic E-state index is 11.9. The lowest BCUT2D eigenvalue weighted by molar-refractivity contribution is 0.404. The molecule has 1 aromatic rings. The van der Waals surface area contributed by atoms with Gasteiger partial charge in [0.15, 0.2) is 0 Å². The number of benzene rings is 1. The third-order valence-corrected chi connectivity index (χ3v) is 3.51. The van der Waals surface area contributed by atoms with Gasteiger partial charge in [0.2, 0.25) is 0 Å². The molecule has 0 fully saturated rings. The lowest BCUT2D eigenvalue weighted by Crippen LogP contribution is -2.18. The van der Waals surface area contributed by atoms with Crippen LogP contribution in [0, 0.1) is 0 Å². The summed E-state index contributed by atoms with van der Waals surface area (Å²) in [4.78, 5) is 0.751. The number of methoxy groups -OCH3 is 1. The van der Waals surface area contributed by atoms with E-state index in [2.05, 4.69) is 0 Å². The molecule has 0 spiro atoms. The Labute approximate surface area is 93.1 Å². The van der Waals surface area contributed by atoms with Gasteiger partial charge in [-0.2, -0.15) is 0 Å². The van der Waals surface area contributed by atoms with Gasteiger partial charge in [-0.3, -0.25) is 4.21 Å². The van der Waals surface area contributed by atoms with Crippen molar-refractivity contribution in [2.75, 3.05) is 12.9 Å². The average Bonchev–Trinajstić information content (AvgIpc) is 2.25. The quantitative estimate of drug-likeness (QED) is 0.830.